The molecular formula is C23H18ClNO4. The topological polar surface area (TPSA) is 66.8 Å². The first-order valence-corrected chi connectivity index (χ1v) is 9.51. The molecule has 1 aliphatic rings. The summed E-state index contributed by atoms with van der Waals surface area (Å²) in [5.74, 6) is -0.295. The molecule has 4 rings (SSSR count). The first-order valence-electron chi connectivity index (χ1n) is 9.13. The lowest BCUT2D eigenvalue weighted by Crippen LogP contribution is -2.22. The normalized spacial score (nSPS) is 12.7. The van der Waals surface area contributed by atoms with Crippen molar-refractivity contribution in [3.05, 3.63) is 94.0 Å². The van der Waals surface area contributed by atoms with Crippen LogP contribution in [0.1, 0.15) is 27.0 Å². The fourth-order valence-electron chi connectivity index (χ4n) is 3.43. The smallest absolute Gasteiger partial charge is 0.307 e. The van der Waals surface area contributed by atoms with Crippen molar-refractivity contribution in [2.75, 3.05) is 4.90 Å². The molecule has 146 valence electrons. The predicted octanol–water partition coefficient (Wildman–Crippen LogP) is 4.71. The van der Waals surface area contributed by atoms with Gasteiger partial charge in [0.1, 0.15) is 12.4 Å². The Morgan fingerprint density at radius 1 is 1.03 bits per heavy atom. The highest BCUT2D eigenvalue weighted by Gasteiger charge is 2.30. The SMILES string of the molecule is O=C(O)Cc1cccc(COc2cccc3c2CN(c2ccc(Cl)cc2)C3=O)c1. The number of anilines is 1. The quantitative estimate of drug-likeness (QED) is 0.642. The number of fused-ring (bicyclic) bond motifs is 1. The van der Waals surface area contributed by atoms with Gasteiger partial charge in [0.25, 0.3) is 5.91 Å². The van der Waals surface area contributed by atoms with Crippen LogP contribution in [0.15, 0.2) is 66.7 Å². The van der Waals surface area contributed by atoms with E-state index in [1.165, 1.54) is 0 Å². The predicted molar refractivity (Wildman–Crippen MR) is 111 cm³/mol. The molecule has 0 aliphatic carbocycles. The number of carbonyl (C=O) groups is 2. The van der Waals surface area contributed by atoms with Crippen molar-refractivity contribution in [1.82, 2.24) is 0 Å². The number of hydrogen-bond donors (Lipinski definition) is 1. The van der Waals surface area contributed by atoms with Crippen LogP contribution in [0.2, 0.25) is 5.02 Å². The first kappa shape index (κ1) is 19.0. The fourth-order valence-corrected chi connectivity index (χ4v) is 3.56. The molecule has 3 aromatic rings. The van der Waals surface area contributed by atoms with Crippen molar-refractivity contribution in [2.45, 2.75) is 19.6 Å². The zero-order chi connectivity index (χ0) is 20.4. The summed E-state index contributed by atoms with van der Waals surface area (Å²) >= 11 is 5.95. The molecule has 1 heterocycles. The maximum atomic E-state index is 12.8. The summed E-state index contributed by atoms with van der Waals surface area (Å²) in [6, 6.07) is 19.9. The minimum Gasteiger partial charge on any atom is -0.489 e. The summed E-state index contributed by atoms with van der Waals surface area (Å²) in [6.07, 6.45) is -0.0286. The largest absolute Gasteiger partial charge is 0.489 e. The van der Waals surface area contributed by atoms with E-state index in [4.69, 9.17) is 21.4 Å². The summed E-state index contributed by atoms with van der Waals surface area (Å²) in [7, 11) is 0. The highest BCUT2D eigenvalue weighted by Crippen LogP contribution is 2.34. The Kier molecular flexibility index (Phi) is 5.23. The maximum absolute atomic E-state index is 12.8. The number of nitrogens with zero attached hydrogens (tertiary/aromatic N) is 1. The number of hydrogen-bond acceptors (Lipinski definition) is 3. The van der Waals surface area contributed by atoms with Gasteiger partial charge in [-0.3, -0.25) is 9.59 Å². The third-order valence-electron chi connectivity index (χ3n) is 4.80. The van der Waals surface area contributed by atoms with Crippen LogP contribution in [0.3, 0.4) is 0 Å². The van der Waals surface area contributed by atoms with E-state index in [0.29, 0.717) is 29.5 Å². The Morgan fingerprint density at radius 2 is 1.76 bits per heavy atom. The van der Waals surface area contributed by atoms with Gasteiger partial charge in [0.2, 0.25) is 0 Å². The minimum atomic E-state index is -0.871. The number of rotatable bonds is 6. The van der Waals surface area contributed by atoms with E-state index in [9.17, 15) is 9.59 Å². The summed E-state index contributed by atoms with van der Waals surface area (Å²) in [5.41, 5.74) is 3.84. The molecule has 6 heteroatoms. The Morgan fingerprint density at radius 3 is 2.52 bits per heavy atom. The van der Waals surface area contributed by atoms with E-state index in [2.05, 4.69) is 0 Å². The van der Waals surface area contributed by atoms with Crippen LogP contribution in [-0.4, -0.2) is 17.0 Å². The Hall–Kier alpha value is -3.31. The second-order valence-electron chi connectivity index (χ2n) is 6.83. The van der Waals surface area contributed by atoms with E-state index in [0.717, 1.165) is 22.4 Å². The molecule has 0 bridgehead atoms. The molecule has 0 saturated carbocycles. The summed E-state index contributed by atoms with van der Waals surface area (Å²) < 4.78 is 6.00. The summed E-state index contributed by atoms with van der Waals surface area (Å²) in [5, 5.41) is 9.57. The van der Waals surface area contributed by atoms with Crippen LogP contribution in [0.25, 0.3) is 0 Å². The average Bonchev–Trinajstić information content (AvgIpc) is 3.04. The molecule has 0 fully saturated rings. The highest BCUT2D eigenvalue weighted by atomic mass is 35.5. The molecule has 0 radical (unpaired) electrons. The van der Waals surface area contributed by atoms with Gasteiger partial charge in [0.05, 0.1) is 13.0 Å². The Bertz CT molecular complexity index is 1080. The lowest BCUT2D eigenvalue weighted by Gasteiger charge is -2.16. The highest BCUT2D eigenvalue weighted by molar-refractivity contribution is 6.30. The Labute approximate surface area is 173 Å². The zero-order valence-electron chi connectivity index (χ0n) is 15.5. The van der Waals surface area contributed by atoms with E-state index in [1.54, 1.807) is 35.2 Å². The lowest BCUT2D eigenvalue weighted by molar-refractivity contribution is -0.136. The van der Waals surface area contributed by atoms with Gasteiger partial charge in [-0.15, -0.1) is 0 Å². The van der Waals surface area contributed by atoms with Crippen molar-refractivity contribution < 1.29 is 19.4 Å². The van der Waals surface area contributed by atoms with Gasteiger partial charge < -0.3 is 14.7 Å². The van der Waals surface area contributed by atoms with Crippen molar-refractivity contribution in [2.24, 2.45) is 0 Å². The number of halogens is 1. The number of carbonyl (C=O) groups excluding carboxylic acids is 1. The van der Waals surface area contributed by atoms with Crippen molar-refractivity contribution >= 4 is 29.2 Å². The maximum Gasteiger partial charge on any atom is 0.307 e. The fraction of sp³-hybridized carbons (Fsp3) is 0.130. The molecule has 5 nitrogen and oxygen atoms in total. The van der Waals surface area contributed by atoms with Gasteiger partial charge >= 0.3 is 5.97 Å². The lowest BCUT2D eigenvalue weighted by atomic mass is 10.1. The van der Waals surface area contributed by atoms with Gasteiger partial charge in [-0.05, 0) is 47.5 Å². The molecule has 0 saturated heterocycles. The van der Waals surface area contributed by atoms with Crippen LogP contribution in [-0.2, 0) is 24.4 Å². The van der Waals surface area contributed by atoms with Crippen LogP contribution >= 0.6 is 11.6 Å². The standard InChI is InChI=1S/C23H18ClNO4/c24-17-7-9-18(10-8-17)25-13-20-19(23(25)28)5-2-6-21(20)29-14-16-4-1-3-15(11-16)12-22(26)27/h1-11H,12-14H2,(H,26,27). The molecule has 1 amide bonds. The van der Waals surface area contributed by atoms with Crippen molar-refractivity contribution in [3.8, 4) is 5.75 Å². The van der Waals surface area contributed by atoms with Gasteiger partial charge in [-0.2, -0.15) is 0 Å². The minimum absolute atomic E-state index is 0.0286. The molecule has 0 aromatic heterocycles. The third kappa shape index (κ3) is 4.10. The molecular weight excluding hydrogens is 390 g/mol. The summed E-state index contributed by atoms with van der Waals surface area (Å²) in [6.45, 7) is 0.712. The molecule has 3 aromatic carbocycles. The van der Waals surface area contributed by atoms with Gasteiger partial charge in [-0.25, -0.2) is 0 Å². The number of aliphatic carboxylic acids is 1. The van der Waals surface area contributed by atoms with Crippen molar-refractivity contribution in [3.63, 3.8) is 0 Å². The first-order chi connectivity index (χ1) is 14.0. The van der Waals surface area contributed by atoms with E-state index in [-0.39, 0.29) is 12.3 Å². The van der Waals surface area contributed by atoms with Crippen LogP contribution in [0.4, 0.5) is 5.69 Å². The average molecular weight is 408 g/mol. The van der Waals surface area contributed by atoms with E-state index < -0.39 is 5.97 Å². The van der Waals surface area contributed by atoms with Crippen LogP contribution < -0.4 is 9.64 Å². The Balaban J connectivity index is 1.53. The molecule has 1 aliphatic heterocycles. The molecule has 1 N–H and O–H groups in total. The summed E-state index contributed by atoms with van der Waals surface area (Å²) in [4.78, 5) is 25.4. The monoisotopic (exact) mass is 407 g/mol. The second kappa shape index (κ2) is 7.97. The number of carboxylic acids is 1. The third-order valence-corrected chi connectivity index (χ3v) is 5.06. The van der Waals surface area contributed by atoms with E-state index in [1.807, 2.05) is 36.4 Å². The number of benzene rings is 3. The molecule has 0 spiro atoms. The molecule has 29 heavy (non-hydrogen) atoms. The van der Waals surface area contributed by atoms with Crippen LogP contribution in [0.5, 0.6) is 5.75 Å². The van der Waals surface area contributed by atoms with E-state index >= 15 is 0 Å². The zero-order valence-corrected chi connectivity index (χ0v) is 16.2. The number of carboxylic acid groups (broad SMARTS) is 1. The van der Waals surface area contributed by atoms with Crippen molar-refractivity contribution in [1.29, 1.82) is 0 Å². The number of amides is 1. The van der Waals surface area contributed by atoms with Gasteiger partial charge in [-0.1, -0.05) is 41.9 Å². The number of ether oxygens (including phenoxy) is 1. The van der Waals surface area contributed by atoms with Gasteiger partial charge in [0.15, 0.2) is 0 Å². The van der Waals surface area contributed by atoms with Gasteiger partial charge in [0, 0.05) is 21.8 Å². The second-order valence-corrected chi connectivity index (χ2v) is 7.27. The molecule has 0 unspecified atom stereocenters. The molecule has 0 atom stereocenters. The van der Waals surface area contributed by atoms with Crippen LogP contribution in [0, 0.1) is 0 Å².